The standard InChI is InChI=1S/C18H9Cl2F3N4OS/c19-9-3-4-12(11(20)6-9)26-17(28)10-8-24-27-15(18(21,22)23)7-13(25-16(10)27)14-2-1-5-29-14/h1-8H,(H,26,28). The predicted molar refractivity (Wildman–Crippen MR) is 106 cm³/mol. The molecule has 1 aromatic carbocycles. The van der Waals surface area contributed by atoms with Crippen molar-refractivity contribution < 1.29 is 18.0 Å². The van der Waals surface area contributed by atoms with Crippen LogP contribution in [0.15, 0.2) is 48.0 Å². The molecule has 4 rings (SSSR count). The third-order valence-electron chi connectivity index (χ3n) is 3.96. The van der Waals surface area contributed by atoms with E-state index in [1.54, 1.807) is 17.5 Å². The Labute approximate surface area is 175 Å². The number of nitrogens with zero attached hydrogens (tertiary/aromatic N) is 3. The van der Waals surface area contributed by atoms with E-state index in [2.05, 4.69) is 15.4 Å². The van der Waals surface area contributed by atoms with Gasteiger partial charge in [-0.2, -0.15) is 18.3 Å². The van der Waals surface area contributed by atoms with Crippen LogP contribution in [0.2, 0.25) is 10.0 Å². The number of carbonyl (C=O) groups is 1. The van der Waals surface area contributed by atoms with Crippen molar-refractivity contribution in [2.75, 3.05) is 5.32 Å². The van der Waals surface area contributed by atoms with E-state index < -0.39 is 17.8 Å². The maximum Gasteiger partial charge on any atom is 0.433 e. The van der Waals surface area contributed by atoms with Crippen molar-refractivity contribution in [3.05, 3.63) is 69.3 Å². The molecule has 4 aromatic rings. The monoisotopic (exact) mass is 456 g/mol. The maximum absolute atomic E-state index is 13.6. The lowest BCUT2D eigenvalue weighted by Gasteiger charge is -2.11. The molecule has 148 valence electrons. The summed E-state index contributed by atoms with van der Waals surface area (Å²) in [4.78, 5) is 17.5. The minimum atomic E-state index is -4.69. The van der Waals surface area contributed by atoms with Crippen LogP contribution in [0.1, 0.15) is 16.1 Å². The highest BCUT2D eigenvalue weighted by atomic mass is 35.5. The van der Waals surface area contributed by atoms with Gasteiger partial charge in [-0.15, -0.1) is 11.3 Å². The Balaban J connectivity index is 1.83. The molecule has 11 heteroatoms. The fourth-order valence-electron chi connectivity index (χ4n) is 2.66. The van der Waals surface area contributed by atoms with Gasteiger partial charge in [0.15, 0.2) is 11.3 Å². The summed E-state index contributed by atoms with van der Waals surface area (Å²) in [5.74, 6) is -0.701. The maximum atomic E-state index is 13.6. The number of nitrogens with one attached hydrogen (secondary N) is 1. The van der Waals surface area contributed by atoms with Gasteiger partial charge in [-0.05, 0) is 35.7 Å². The zero-order valence-electron chi connectivity index (χ0n) is 14.2. The van der Waals surface area contributed by atoms with Crippen molar-refractivity contribution in [3.8, 4) is 10.6 Å². The van der Waals surface area contributed by atoms with Crippen LogP contribution in [0.4, 0.5) is 18.9 Å². The van der Waals surface area contributed by atoms with Gasteiger partial charge in [-0.1, -0.05) is 29.3 Å². The lowest BCUT2D eigenvalue weighted by molar-refractivity contribution is -0.142. The number of benzene rings is 1. The van der Waals surface area contributed by atoms with Gasteiger partial charge in [0, 0.05) is 5.02 Å². The molecule has 0 aliphatic heterocycles. The SMILES string of the molecule is O=C(Nc1ccc(Cl)cc1Cl)c1cnn2c(C(F)(F)F)cc(-c3cccs3)nc12. The normalized spacial score (nSPS) is 11.8. The van der Waals surface area contributed by atoms with Crippen LogP contribution in [-0.2, 0) is 6.18 Å². The highest BCUT2D eigenvalue weighted by Gasteiger charge is 2.36. The number of anilines is 1. The van der Waals surface area contributed by atoms with E-state index in [1.807, 2.05) is 0 Å². The second kappa shape index (κ2) is 7.33. The molecule has 0 radical (unpaired) electrons. The summed E-state index contributed by atoms with van der Waals surface area (Å²) in [5, 5.41) is 8.56. The summed E-state index contributed by atoms with van der Waals surface area (Å²) in [5.41, 5.74) is -1.02. The molecule has 0 bridgehead atoms. The van der Waals surface area contributed by atoms with Crippen LogP contribution in [-0.4, -0.2) is 20.5 Å². The van der Waals surface area contributed by atoms with Crippen molar-refractivity contribution >= 4 is 51.8 Å². The molecule has 0 atom stereocenters. The summed E-state index contributed by atoms with van der Waals surface area (Å²) in [6.45, 7) is 0. The van der Waals surface area contributed by atoms with E-state index in [0.29, 0.717) is 14.4 Å². The Morgan fingerprint density at radius 2 is 1.97 bits per heavy atom. The van der Waals surface area contributed by atoms with Crippen LogP contribution in [0.25, 0.3) is 16.2 Å². The molecule has 0 fully saturated rings. The van der Waals surface area contributed by atoms with Crippen molar-refractivity contribution in [1.82, 2.24) is 14.6 Å². The number of hydrogen-bond acceptors (Lipinski definition) is 4. The van der Waals surface area contributed by atoms with Crippen LogP contribution in [0.3, 0.4) is 0 Å². The van der Waals surface area contributed by atoms with Crippen molar-refractivity contribution in [1.29, 1.82) is 0 Å². The summed E-state index contributed by atoms with van der Waals surface area (Å²) >= 11 is 13.1. The van der Waals surface area contributed by atoms with E-state index in [9.17, 15) is 18.0 Å². The smallest absolute Gasteiger partial charge is 0.320 e. The molecule has 29 heavy (non-hydrogen) atoms. The highest BCUT2D eigenvalue weighted by molar-refractivity contribution is 7.13. The third kappa shape index (κ3) is 3.81. The van der Waals surface area contributed by atoms with Gasteiger partial charge in [0.1, 0.15) is 5.56 Å². The van der Waals surface area contributed by atoms with Gasteiger partial charge in [0.05, 0.1) is 27.5 Å². The summed E-state index contributed by atoms with van der Waals surface area (Å²) < 4.78 is 41.3. The van der Waals surface area contributed by atoms with Crippen LogP contribution >= 0.6 is 34.5 Å². The largest absolute Gasteiger partial charge is 0.433 e. The number of halogens is 5. The van der Waals surface area contributed by atoms with E-state index in [4.69, 9.17) is 23.2 Å². The first kappa shape index (κ1) is 19.7. The van der Waals surface area contributed by atoms with Gasteiger partial charge >= 0.3 is 6.18 Å². The van der Waals surface area contributed by atoms with Gasteiger partial charge in [-0.25, -0.2) is 9.50 Å². The van der Waals surface area contributed by atoms with Crippen LogP contribution in [0.5, 0.6) is 0 Å². The first-order chi connectivity index (χ1) is 13.7. The molecule has 0 saturated carbocycles. The van der Waals surface area contributed by atoms with E-state index >= 15 is 0 Å². The Morgan fingerprint density at radius 1 is 1.17 bits per heavy atom. The minimum absolute atomic E-state index is 0.0962. The first-order valence-electron chi connectivity index (χ1n) is 8.00. The van der Waals surface area contributed by atoms with Crippen molar-refractivity contribution in [2.45, 2.75) is 6.18 Å². The number of aromatic nitrogens is 3. The molecule has 0 aliphatic rings. The highest BCUT2D eigenvalue weighted by Crippen LogP contribution is 2.34. The zero-order valence-corrected chi connectivity index (χ0v) is 16.5. The number of carbonyl (C=O) groups excluding carboxylic acids is 1. The summed E-state index contributed by atoms with van der Waals surface area (Å²) in [6.07, 6.45) is -3.65. The number of fused-ring (bicyclic) bond motifs is 1. The Hall–Kier alpha value is -2.62. The fraction of sp³-hybridized carbons (Fsp3) is 0.0556. The fourth-order valence-corrected chi connectivity index (χ4v) is 3.80. The lowest BCUT2D eigenvalue weighted by Crippen LogP contribution is -2.15. The predicted octanol–water partition coefficient (Wildman–Crippen LogP) is 6.04. The topological polar surface area (TPSA) is 59.3 Å². The molecule has 3 aromatic heterocycles. The molecule has 0 unspecified atom stereocenters. The quantitative estimate of drug-likeness (QED) is 0.409. The molecule has 1 N–H and O–H groups in total. The second-order valence-corrected chi connectivity index (χ2v) is 7.66. The molecule has 3 heterocycles. The minimum Gasteiger partial charge on any atom is -0.320 e. The number of amides is 1. The number of hydrogen-bond donors (Lipinski definition) is 1. The summed E-state index contributed by atoms with van der Waals surface area (Å²) in [7, 11) is 0. The Morgan fingerprint density at radius 3 is 2.62 bits per heavy atom. The molecular formula is C18H9Cl2F3N4OS. The zero-order chi connectivity index (χ0) is 20.8. The van der Waals surface area contributed by atoms with E-state index in [1.165, 1.54) is 29.5 Å². The Kier molecular flexibility index (Phi) is 4.97. The first-order valence-corrected chi connectivity index (χ1v) is 9.64. The summed E-state index contributed by atoms with van der Waals surface area (Å²) in [6, 6.07) is 8.69. The molecule has 1 amide bonds. The van der Waals surface area contributed by atoms with E-state index in [-0.39, 0.29) is 27.6 Å². The molecular weight excluding hydrogens is 448 g/mol. The molecule has 0 spiro atoms. The molecule has 0 aliphatic carbocycles. The van der Waals surface area contributed by atoms with Gasteiger partial charge < -0.3 is 5.32 Å². The average molecular weight is 457 g/mol. The van der Waals surface area contributed by atoms with Gasteiger partial charge in [0.2, 0.25) is 0 Å². The lowest BCUT2D eigenvalue weighted by atomic mass is 10.2. The molecule has 0 saturated heterocycles. The Bertz CT molecular complexity index is 1220. The van der Waals surface area contributed by atoms with Crippen LogP contribution in [0, 0.1) is 0 Å². The number of alkyl halides is 3. The average Bonchev–Trinajstić information content (AvgIpc) is 3.31. The van der Waals surface area contributed by atoms with Gasteiger partial charge in [-0.3, -0.25) is 4.79 Å². The third-order valence-corrected chi connectivity index (χ3v) is 5.40. The number of thiophene rings is 1. The van der Waals surface area contributed by atoms with Crippen molar-refractivity contribution in [2.24, 2.45) is 0 Å². The van der Waals surface area contributed by atoms with Crippen LogP contribution < -0.4 is 5.32 Å². The van der Waals surface area contributed by atoms with E-state index in [0.717, 1.165) is 12.3 Å². The second-order valence-electron chi connectivity index (χ2n) is 5.87. The molecule has 5 nitrogen and oxygen atoms in total. The number of rotatable bonds is 3. The van der Waals surface area contributed by atoms with Crippen molar-refractivity contribution in [3.63, 3.8) is 0 Å². The van der Waals surface area contributed by atoms with Gasteiger partial charge in [0.25, 0.3) is 5.91 Å².